The average Bonchev–Trinajstić information content (AvgIpc) is 1.67. The van der Waals surface area contributed by atoms with Crippen LogP contribution in [-0.2, 0) is 14.3 Å². The van der Waals surface area contributed by atoms with Crippen molar-refractivity contribution in [2.24, 2.45) is 0 Å². The number of thiol groups is 1. The Morgan fingerprint density at radius 1 is 1.75 bits per heavy atom. The Morgan fingerprint density at radius 3 is 2.38 bits per heavy atom. The van der Waals surface area contributed by atoms with Gasteiger partial charge in [-0.3, -0.25) is 0 Å². The summed E-state index contributed by atoms with van der Waals surface area (Å²) in [6.45, 7) is 1.50. The van der Waals surface area contributed by atoms with Crippen molar-refractivity contribution in [3.63, 3.8) is 0 Å². The van der Waals surface area contributed by atoms with Gasteiger partial charge < -0.3 is 0 Å². The normalized spacial score (nSPS) is 11.8. The molecule has 50 valence electrons. The van der Waals surface area contributed by atoms with Crippen LogP contribution in [0.2, 0.25) is 0 Å². The molecule has 0 radical (unpaired) electrons. The second kappa shape index (κ2) is 3.29. The van der Waals surface area contributed by atoms with Gasteiger partial charge in [-0.25, -0.2) is 12.7 Å². The molecule has 1 N–H and O–H groups in total. The lowest BCUT2D eigenvalue weighted by molar-refractivity contribution is 0.328. The average molecular weight is 157 g/mol. The first kappa shape index (κ1) is 8.22. The Balaban J connectivity index is 3.76. The monoisotopic (exact) mass is 157 g/mol. The fourth-order valence-corrected chi connectivity index (χ4v) is 0.688. The lowest BCUT2D eigenvalue weighted by Gasteiger charge is -1.95. The van der Waals surface area contributed by atoms with E-state index >= 15 is 0 Å². The molecule has 0 heterocycles. The van der Waals surface area contributed by atoms with Crippen molar-refractivity contribution in [3.05, 3.63) is 0 Å². The summed E-state index contributed by atoms with van der Waals surface area (Å²) >= 11 is 3.18. The minimum atomic E-state index is -3.22. The van der Waals surface area contributed by atoms with Crippen LogP contribution in [-0.4, -0.2) is 14.2 Å². The lowest BCUT2D eigenvalue weighted by atomic mass is 11.0. The van der Waals surface area contributed by atoms with Crippen molar-refractivity contribution in [2.75, 3.05) is 5.75 Å². The zero-order valence-electron chi connectivity index (χ0n) is 4.29. The summed E-state index contributed by atoms with van der Waals surface area (Å²) in [5.41, 5.74) is 0. The summed E-state index contributed by atoms with van der Waals surface area (Å²) in [6, 6.07) is 0. The van der Waals surface area contributed by atoms with Crippen molar-refractivity contribution >= 4 is 22.9 Å². The summed E-state index contributed by atoms with van der Waals surface area (Å²) < 4.78 is 24.5. The molecule has 0 aromatic rings. The van der Waals surface area contributed by atoms with Crippen molar-refractivity contribution in [2.45, 2.75) is 6.92 Å². The predicted molar refractivity (Wildman–Crippen MR) is 32.7 cm³/mol. The van der Waals surface area contributed by atoms with Crippen LogP contribution in [0.15, 0.2) is 0 Å². The van der Waals surface area contributed by atoms with Gasteiger partial charge >= 0.3 is 0 Å². The standard InChI is InChI=1S/C2H7NO3S2/c1-2-8(4,5)3-6-7/h3,7H,2H2,1H3. The summed E-state index contributed by atoms with van der Waals surface area (Å²) in [7, 11) is -3.22. The number of sulfonamides is 1. The molecule has 0 unspecified atom stereocenters. The Morgan fingerprint density at radius 2 is 2.25 bits per heavy atom. The topological polar surface area (TPSA) is 55.4 Å². The molecule has 0 spiro atoms. The predicted octanol–water partition coefficient (Wildman–Crippen LogP) is -0.298. The van der Waals surface area contributed by atoms with E-state index in [-0.39, 0.29) is 5.75 Å². The number of rotatable bonds is 3. The fourth-order valence-electron chi connectivity index (χ4n) is 0.116. The Hall–Kier alpha value is 0.220. The summed E-state index contributed by atoms with van der Waals surface area (Å²) in [6.07, 6.45) is 0. The maximum absolute atomic E-state index is 10.3. The second-order valence-corrected chi connectivity index (χ2v) is 3.23. The third-order valence-electron chi connectivity index (χ3n) is 0.544. The summed E-state index contributed by atoms with van der Waals surface area (Å²) in [5.74, 6) is -0.00639. The van der Waals surface area contributed by atoms with Crippen LogP contribution in [0.1, 0.15) is 6.92 Å². The van der Waals surface area contributed by atoms with E-state index in [1.807, 2.05) is 0 Å². The molecule has 0 amide bonds. The highest BCUT2D eigenvalue weighted by molar-refractivity contribution is 7.89. The quantitative estimate of drug-likeness (QED) is 0.336. The van der Waals surface area contributed by atoms with E-state index in [0.29, 0.717) is 0 Å². The maximum Gasteiger partial charge on any atom is 0.234 e. The van der Waals surface area contributed by atoms with Crippen LogP contribution >= 0.6 is 12.9 Å². The summed E-state index contributed by atoms with van der Waals surface area (Å²) in [5, 5.41) is 0. The molecule has 6 heteroatoms. The minimum absolute atomic E-state index is 0.00639. The highest BCUT2D eigenvalue weighted by Gasteiger charge is 2.02. The van der Waals surface area contributed by atoms with E-state index < -0.39 is 10.0 Å². The third kappa shape index (κ3) is 3.25. The molecule has 8 heavy (non-hydrogen) atoms. The van der Waals surface area contributed by atoms with E-state index in [2.05, 4.69) is 17.2 Å². The lowest BCUT2D eigenvalue weighted by Crippen LogP contribution is -2.21. The second-order valence-electron chi connectivity index (χ2n) is 1.08. The van der Waals surface area contributed by atoms with Crippen LogP contribution < -0.4 is 4.89 Å². The fraction of sp³-hybridized carbons (Fsp3) is 1.00. The van der Waals surface area contributed by atoms with Crippen molar-refractivity contribution in [1.82, 2.24) is 4.89 Å². The van der Waals surface area contributed by atoms with Gasteiger partial charge in [-0.1, -0.05) is 4.89 Å². The van der Waals surface area contributed by atoms with E-state index in [1.165, 1.54) is 6.92 Å². The molecule has 0 bridgehead atoms. The van der Waals surface area contributed by atoms with E-state index in [4.69, 9.17) is 0 Å². The highest BCUT2D eigenvalue weighted by atomic mass is 32.2. The van der Waals surface area contributed by atoms with Crippen molar-refractivity contribution in [3.8, 4) is 0 Å². The largest absolute Gasteiger partial charge is 0.234 e. The van der Waals surface area contributed by atoms with E-state index in [9.17, 15) is 8.42 Å². The smallest absolute Gasteiger partial charge is 0.220 e. The molecule has 0 saturated carbocycles. The van der Waals surface area contributed by atoms with Crippen molar-refractivity contribution in [1.29, 1.82) is 0 Å². The van der Waals surface area contributed by atoms with Gasteiger partial charge in [-0.15, -0.1) is 0 Å². The SMILES string of the molecule is CCS(=O)(=O)NOS. The maximum atomic E-state index is 10.3. The van der Waals surface area contributed by atoms with Gasteiger partial charge in [0.1, 0.15) is 0 Å². The van der Waals surface area contributed by atoms with Crippen LogP contribution in [0.4, 0.5) is 0 Å². The molecule has 0 aliphatic rings. The first-order valence-electron chi connectivity index (χ1n) is 1.92. The van der Waals surface area contributed by atoms with Gasteiger partial charge in [-0.2, -0.15) is 0 Å². The van der Waals surface area contributed by atoms with E-state index in [1.54, 1.807) is 4.89 Å². The molecule has 0 aliphatic carbocycles. The molecule has 0 fully saturated rings. The molecule has 4 nitrogen and oxygen atoms in total. The molecule has 0 aromatic heterocycles. The Kier molecular flexibility index (Phi) is 3.38. The summed E-state index contributed by atoms with van der Waals surface area (Å²) in [4.78, 5) is 1.71. The van der Waals surface area contributed by atoms with Gasteiger partial charge in [0, 0.05) is 12.9 Å². The van der Waals surface area contributed by atoms with Gasteiger partial charge in [0.2, 0.25) is 10.0 Å². The molecule has 0 aliphatic heterocycles. The van der Waals surface area contributed by atoms with Gasteiger partial charge in [0.25, 0.3) is 0 Å². The van der Waals surface area contributed by atoms with Crippen LogP contribution in [0.3, 0.4) is 0 Å². The molecular weight excluding hydrogens is 150 g/mol. The van der Waals surface area contributed by atoms with Crippen LogP contribution in [0.5, 0.6) is 0 Å². The van der Waals surface area contributed by atoms with Gasteiger partial charge in [0.05, 0.1) is 5.75 Å². The molecular formula is C2H7NO3S2. The van der Waals surface area contributed by atoms with Gasteiger partial charge in [-0.05, 0) is 6.92 Å². The van der Waals surface area contributed by atoms with Gasteiger partial charge in [0.15, 0.2) is 0 Å². The van der Waals surface area contributed by atoms with Crippen LogP contribution in [0.25, 0.3) is 0 Å². The Labute approximate surface area is 53.8 Å². The number of hydrogen-bond donors (Lipinski definition) is 2. The number of hydrogen-bond acceptors (Lipinski definition) is 4. The molecule has 0 saturated heterocycles. The zero-order valence-corrected chi connectivity index (χ0v) is 6.00. The first-order valence-corrected chi connectivity index (χ1v) is 3.94. The number of nitrogens with one attached hydrogen (secondary N) is 1. The molecule has 0 aromatic carbocycles. The Bertz CT molecular complexity index is 139. The zero-order chi connectivity index (χ0) is 6.62. The van der Waals surface area contributed by atoms with Crippen molar-refractivity contribution < 1.29 is 12.7 Å². The first-order chi connectivity index (χ1) is 3.62. The minimum Gasteiger partial charge on any atom is -0.220 e. The van der Waals surface area contributed by atoms with E-state index in [0.717, 1.165) is 0 Å². The molecule has 0 atom stereocenters. The van der Waals surface area contributed by atoms with Crippen LogP contribution in [0, 0.1) is 0 Å². The third-order valence-corrected chi connectivity index (χ3v) is 1.86. The molecule has 0 rings (SSSR count). The highest BCUT2D eigenvalue weighted by Crippen LogP contribution is 1.82.